The minimum absolute atomic E-state index is 0.0516. The van der Waals surface area contributed by atoms with Crippen molar-refractivity contribution in [2.45, 2.75) is 69.9 Å². The Labute approximate surface area is 145 Å². The van der Waals surface area contributed by atoms with Crippen molar-refractivity contribution in [2.24, 2.45) is 11.8 Å². The van der Waals surface area contributed by atoms with Crippen LogP contribution < -0.4 is 10.6 Å². The second kappa shape index (κ2) is 8.19. The van der Waals surface area contributed by atoms with E-state index in [1.54, 1.807) is 0 Å². The van der Waals surface area contributed by atoms with Crippen LogP contribution in [0.5, 0.6) is 0 Å². The maximum atomic E-state index is 12.3. The Hall–Kier alpha value is -1.30. The first-order chi connectivity index (χ1) is 11.3. The third-order valence-electron chi connectivity index (χ3n) is 6.01. The number of carbonyl (C=O) groups excluding carboxylic acids is 1. The minimum atomic E-state index is -0.711. The molecule has 0 saturated heterocycles. The summed E-state index contributed by atoms with van der Waals surface area (Å²) in [5.41, 5.74) is 0.0516. The summed E-state index contributed by atoms with van der Waals surface area (Å²) in [5, 5.41) is 15.1. The summed E-state index contributed by atoms with van der Waals surface area (Å²) in [6.45, 7) is 2.96. The zero-order valence-corrected chi connectivity index (χ0v) is 15.3. The highest BCUT2D eigenvalue weighted by Crippen LogP contribution is 2.35. The molecule has 2 aliphatic rings. The van der Waals surface area contributed by atoms with Gasteiger partial charge in [0.15, 0.2) is 0 Å². The van der Waals surface area contributed by atoms with E-state index in [-0.39, 0.29) is 23.5 Å². The average molecular weight is 339 g/mol. The van der Waals surface area contributed by atoms with Crippen molar-refractivity contribution in [2.75, 3.05) is 20.6 Å². The maximum absolute atomic E-state index is 12.3. The van der Waals surface area contributed by atoms with Gasteiger partial charge in [-0.05, 0) is 58.5 Å². The Bertz CT molecular complexity index is 447. The Morgan fingerprint density at radius 3 is 2.38 bits per heavy atom. The highest BCUT2D eigenvalue weighted by molar-refractivity contribution is 5.74. The SMILES string of the molecule is CC1CCCC(CNC(=O)NC2CCC(C(=O)O)CC2)(N(C)C)C1. The number of hydrogen-bond acceptors (Lipinski definition) is 3. The van der Waals surface area contributed by atoms with E-state index in [0.29, 0.717) is 25.3 Å². The van der Waals surface area contributed by atoms with Crippen molar-refractivity contribution < 1.29 is 14.7 Å². The second-order valence-electron chi connectivity index (χ2n) is 8.03. The predicted molar refractivity (Wildman–Crippen MR) is 94.0 cm³/mol. The normalized spacial score (nSPS) is 33.9. The summed E-state index contributed by atoms with van der Waals surface area (Å²) in [6, 6.07) is -0.0191. The van der Waals surface area contributed by atoms with Gasteiger partial charge in [-0.1, -0.05) is 19.8 Å². The van der Waals surface area contributed by atoms with E-state index in [4.69, 9.17) is 5.11 Å². The van der Waals surface area contributed by atoms with Crippen LogP contribution in [0.25, 0.3) is 0 Å². The molecule has 0 aromatic heterocycles. The van der Waals surface area contributed by atoms with E-state index in [0.717, 1.165) is 25.7 Å². The van der Waals surface area contributed by atoms with Crippen molar-refractivity contribution in [3.63, 3.8) is 0 Å². The molecule has 2 unspecified atom stereocenters. The number of aliphatic carboxylic acids is 1. The number of nitrogens with zero attached hydrogens (tertiary/aromatic N) is 1. The van der Waals surface area contributed by atoms with Crippen LogP contribution in [0.4, 0.5) is 4.79 Å². The molecule has 2 atom stereocenters. The second-order valence-corrected chi connectivity index (χ2v) is 8.03. The van der Waals surface area contributed by atoms with Crippen LogP contribution in [-0.4, -0.2) is 54.2 Å². The standard InChI is InChI=1S/C18H33N3O3/c1-13-5-4-10-18(11-13,21(2)3)12-19-17(24)20-15-8-6-14(7-9-15)16(22)23/h13-15H,4-12H2,1-3H3,(H,22,23)(H2,19,20,24). The molecule has 2 rings (SSSR count). The predicted octanol–water partition coefficient (Wildman–Crippen LogP) is 2.44. The number of amides is 2. The van der Waals surface area contributed by atoms with Crippen LogP contribution in [-0.2, 0) is 4.79 Å². The average Bonchev–Trinajstić information content (AvgIpc) is 2.53. The first-order valence-electron chi connectivity index (χ1n) is 9.27. The highest BCUT2D eigenvalue weighted by atomic mass is 16.4. The van der Waals surface area contributed by atoms with Gasteiger partial charge >= 0.3 is 12.0 Å². The lowest BCUT2D eigenvalue weighted by Gasteiger charge is -2.45. The fourth-order valence-electron chi connectivity index (χ4n) is 4.32. The van der Waals surface area contributed by atoms with Gasteiger partial charge in [0, 0.05) is 18.1 Å². The summed E-state index contributed by atoms with van der Waals surface area (Å²) in [7, 11) is 4.20. The molecule has 0 bridgehead atoms. The zero-order chi connectivity index (χ0) is 17.7. The van der Waals surface area contributed by atoms with E-state index < -0.39 is 5.97 Å². The molecule has 138 valence electrons. The van der Waals surface area contributed by atoms with E-state index in [2.05, 4.69) is 36.6 Å². The first kappa shape index (κ1) is 19.0. The molecule has 0 spiro atoms. The molecular formula is C18H33N3O3. The van der Waals surface area contributed by atoms with Gasteiger partial charge < -0.3 is 20.6 Å². The van der Waals surface area contributed by atoms with Crippen molar-refractivity contribution in [1.29, 1.82) is 0 Å². The molecule has 0 radical (unpaired) electrons. The number of carboxylic acid groups (broad SMARTS) is 1. The van der Waals surface area contributed by atoms with Crippen molar-refractivity contribution >= 4 is 12.0 Å². The van der Waals surface area contributed by atoms with Crippen molar-refractivity contribution in [3.05, 3.63) is 0 Å². The number of rotatable bonds is 5. The minimum Gasteiger partial charge on any atom is -0.481 e. The molecule has 0 heterocycles. The van der Waals surface area contributed by atoms with Gasteiger partial charge in [0.25, 0.3) is 0 Å². The summed E-state index contributed by atoms with van der Waals surface area (Å²) in [6.07, 6.45) is 7.52. The monoisotopic (exact) mass is 339 g/mol. The van der Waals surface area contributed by atoms with Crippen LogP contribution in [0.1, 0.15) is 58.3 Å². The van der Waals surface area contributed by atoms with Gasteiger partial charge in [0.05, 0.1) is 5.92 Å². The van der Waals surface area contributed by atoms with Crippen LogP contribution in [0.15, 0.2) is 0 Å². The molecule has 2 amide bonds. The van der Waals surface area contributed by atoms with Gasteiger partial charge in [0.1, 0.15) is 0 Å². The molecule has 0 aromatic carbocycles. The van der Waals surface area contributed by atoms with Gasteiger partial charge in [-0.15, -0.1) is 0 Å². The van der Waals surface area contributed by atoms with Crippen LogP contribution in [0, 0.1) is 11.8 Å². The summed E-state index contributed by atoms with van der Waals surface area (Å²) < 4.78 is 0. The molecule has 0 aliphatic heterocycles. The number of carboxylic acids is 1. The Morgan fingerprint density at radius 2 is 1.83 bits per heavy atom. The number of carbonyl (C=O) groups is 2. The Morgan fingerprint density at radius 1 is 1.17 bits per heavy atom. The van der Waals surface area contributed by atoms with Crippen LogP contribution in [0.3, 0.4) is 0 Å². The van der Waals surface area contributed by atoms with Crippen LogP contribution in [0.2, 0.25) is 0 Å². The van der Waals surface area contributed by atoms with Gasteiger partial charge in [0.2, 0.25) is 0 Å². The molecule has 0 aromatic rings. The van der Waals surface area contributed by atoms with Gasteiger partial charge in [-0.3, -0.25) is 4.79 Å². The van der Waals surface area contributed by atoms with Gasteiger partial charge in [-0.2, -0.15) is 0 Å². The molecule has 2 saturated carbocycles. The summed E-state index contributed by atoms with van der Waals surface area (Å²) in [5.74, 6) is -0.263. The number of likely N-dealkylation sites (N-methyl/N-ethyl adjacent to an activating group) is 1. The maximum Gasteiger partial charge on any atom is 0.315 e. The lowest BCUT2D eigenvalue weighted by atomic mass is 9.75. The molecule has 24 heavy (non-hydrogen) atoms. The number of urea groups is 1. The third kappa shape index (κ3) is 4.85. The quantitative estimate of drug-likeness (QED) is 0.718. The molecule has 6 nitrogen and oxygen atoms in total. The fourth-order valence-corrected chi connectivity index (χ4v) is 4.32. The molecule has 2 aliphatic carbocycles. The molecule has 6 heteroatoms. The van der Waals surface area contributed by atoms with E-state index in [1.807, 2.05) is 0 Å². The van der Waals surface area contributed by atoms with Gasteiger partial charge in [-0.25, -0.2) is 4.79 Å². The lowest BCUT2D eigenvalue weighted by Crippen LogP contribution is -2.57. The largest absolute Gasteiger partial charge is 0.481 e. The highest BCUT2D eigenvalue weighted by Gasteiger charge is 2.37. The topological polar surface area (TPSA) is 81.7 Å². The summed E-state index contributed by atoms with van der Waals surface area (Å²) >= 11 is 0. The zero-order valence-electron chi connectivity index (χ0n) is 15.3. The third-order valence-corrected chi connectivity index (χ3v) is 6.01. The van der Waals surface area contributed by atoms with Crippen LogP contribution >= 0.6 is 0 Å². The first-order valence-corrected chi connectivity index (χ1v) is 9.27. The fraction of sp³-hybridized carbons (Fsp3) is 0.889. The van der Waals surface area contributed by atoms with E-state index >= 15 is 0 Å². The molecule has 3 N–H and O–H groups in total. The lowest BCUT2D eigenvalue weighted by molar-refractivity contribution is -0.142. The van der Waals surface area contributed by atoms with Crippen molar-refractivity contribution in [1.82, 2.24) is 15.5 Å². The van der Waals surface area contributed by atoms with Crippen molar-refractivity contribution in [3.8, 4) is 0 Å². The number of hydrogen-bond donors (Lipinski definition) is 3. The number of nitrogens with one attached hydrogen (secondary N) is 2. The Balaban J connectivity index is 1.79. The molecule has 2 fully saturated rings. The van der Waals surface area contributed by atoms with E-state index in [9.17, 15) is 9.59 Å². The van der Waals surface area contributed by atoms with E-state index in [1.165, 1.54) is 12.8 Å². The smallest absolute Gasteiger partial charge is 0.315 e. The Kier molecular flexibility index (Phi) is 6.49. The molecular weight excluding hydrogens is 306 g/mol. The summed E-state index contributed by atoms with van der Waals surface area (Å²) in [4.78, 5) is 25.5.